The monoisotopic (exact) mass is 306 g/mol. The largest absolute Gasteiger partial charge is 0.305 e. The van der Waals surface area contributed by atoms with Gasteiger partial charge in [-0.1, -0.05) is 44.2 Å². The van der Waals surface area contributed by atoms with E-state index in [0.29, 0.717) is 6.04 Å². The highest BCUT2D eigenvalue weighted by Crippen LogP contribution is 2.27. The number of hydrogen-bond donors (Lipinski definition) is 1. The lowest BCUT2D eigenvalue weighted by Crippen LogP contribution is -2.61. The number of hydrogen-bond acceptors (Lipinski definition) is 3. The summed E-state index contributed by atoms with van der Waals surface area (Å²) in [6.45, 7) is 10.4. The van der Waals surface area contributed by atoms with Crippen molar-refractivity contribution in [2.75, 3.05) is 25.9 Å². The van der Waals surface area contributed by atoms with E-state index >= 15 is 0 Å². The molecule has 3 unspecified atom stereocenters. The SMILES string of the molecule is CCC1CNC(C)(c2ccccc2)CN1CCC(C)SC. The van der Waals surface area contributed by atoms with Crippen LogP contribution in [0.2, 0.25) is 0 Å². The summed E-state index contributed by atoms with van der Waals surface area (Å²) in [5.41, 5.74) is 1.48. The van der Waals surface area contributed by atoms with E-state index in [1.807, 2.05) is 11.8 Å². The van der Waals surface area contributed by atoms with Gasteiger partial charge in [0.2, 0.25) is 0 Å². The molecular formula is C18H30N2S. The molecule has 0 spiro atoms. The first kappa shape index (κ1) is 16.9. The average molecular weight is 307 g/mol. The third-order valence-electron chi connectivity index (χ3n) is 4.87. The Morgan fingerprint density at radius 1 is 1.38 bits per heavy atom. The number of thioether (sulfide) groups is 1. The molecule has 21 heavy (non-hydrogen) atoms. The predicted molar refractivity (Wildman–Crippen MR) is 95.0 cm³/mol. The molecule has 0 aliphatic carbocycles. The summed E-state index contributed by atoms with van der Waals surface area (Å²) in [5, 5.41) is 4.55. The third-order valence-corrected chi connectivity index (χ3v) is 5.91. The van der Waals surface area contributed by atoms with Crippen LogP contribution in [0.3, 0.4) is 0 Å². The van der Waals surface area contributed by atoms with E-state index in [2.05, 4.69) is 67.6 Å². The van der Waals surface area contributed by atoms with E-state index in [4.69, 9.17) is 0 Å². The molecule has 1 aromatic rings. The molecule has 1 aromatic carbocycles. The number of rotatable bonds is 6. The van der Waals surface area contributed by atoms with E-state index in [0.717, 1.165) is 18.3 Å². The Hall–Kier alpha value is -0.510. The number of nitrogens with one attached hydrogen (secondary N) is 1. The van der Waals surface area contributed by atoms with Crippen LogP contribution in [-0.2, 0) is 5.54 Å². The van der Waals surface area contributed by atoms with Crippen molar-refractivity contribution < 1.29 is 0 Å². The lowest BCUT2D eigenvalue weighted by atomic mass is 9.87. The summed E-state index contributed by atoms with van der Waals surface area (Å²) in [6.07, 6.45) is 4.72. The molecule has 0 radical (unpaired) electrons. The van der Waals surface area contributed by atoms with Gasteiger partial charge in [-0.15, -0.1) is 0 Å². The van der Waals surface area contributed by atoms with Crippen LogP contribution in [0.15, 0.2) is 30.3 Å². The summed E-state index contributed by atoms with van der Waals surface area (Å²) < 4.78 is 0. The highest BCUT2D eigenvalue weighted by Gasteiger charge is 2.36. The molecule has 0 amide bonds. The molecule has 1 aliphatic heterocycles. The van der Waals surface area contributed by atoms with E-state index in [-0.39, 0.29) is 5.54 Å². The van der Waals surface area contributed by atoms with Crippen LogP contribution in [0, 0.1) is 0 Å². The van der Waals surface area contributed by atoms with E-state index in [1.165, 1.54) is 24.9 Å². The highest BCUT2D eigenvalue weighted by atomic mass is 32.2. The van der Waals surface area contributed by atoms with Crippen LogP contribution in [-0.4, -0.2) is 42.1 Å². The Morgan fingerprint density at radius 2 is 2.10 bits per heavy atom. The predicted octanol–water partition coefficient (Wildman–Crippen LogP) is 3.73. The Kier molecular flexibility index (Phi) is 6.15. The smallest absolute Gasteiger partial charge is 0.0535 e. The summed E-state index contributed by atoms with van der Waals surface area (Å²) in [7, 11) is 0. The van der Waals surface area contributed by atoms with Crippen LogP contribution >= 0.6 is 11.8 Å². The van der Waals surface area contributed by atoms with Gasteiger partial charge in [-0.3, -0.25) is 4.90 Å². The van der Waals surface area contributed by atoms with Gasteiger partial charge in [0, 0.05) is 24.4 Å². The van der Waals surface area contributed by atoms with Crippen molar-refractivity contribution in [2.45, 2.75) is 50.4 Å². The minimum Gasteiger partial charge on any atom is -0.305 e. The summed E-state index contributed by atoms with van der Waals surface area (Å²) in [6, 6.07) is 11.6. The zero-order chi connectivity index (χ0) is 15.3. The van der Waals surface area contributed by atoms with Crippen LogP contribution in [0.5, 0.6) is 0 Å². The molecule has 3 heteroatoms. The summed E-state index contributed by atoms with van der Waals surface area (Å²) in [4.78, 5) is 2.70. The molecule has 0 saturated carbocycles. The second kappa shape index (κ2) is 7.66. The zero-order valence-corrected chi connectivity index (χ0v) is 14.7. The van der Waals surface area contributed by atoms with Gasteiger partial charge in [-0.2, -0.15) is 11.8 Å². The third kappa shape index (κ3) is 4.24. The molecule has 1 N–H and O–H groups in total. The fraction of sp³-hybridized carbons (Fsp3) is 0.667. The van der Waals surface area contributed by atoms with Crippen LogP contribution < -0.4 is 5.32 Å². The first-order valence-electron chi connectivity index (χ1n) is 8.16. The first-order valence-corrected chi connectivity index (χ1v) is 9.45. The lowest BCUT2D eigenvalue weighted by Gasteiger charge is -2.46. The Bertz CT molecular complexity index is 422. The van der Waals surface area contributed by atoms with Gasteiger partial charge < -0.3 is 5.32 Å². The van der Waals surface area contributed by atoms with E-state index in [1.54, 1.807) is 0 Å². The van der Waals surface area contributed by atoms with Gasteiger partial charge in [0.05, 0.1) is 5.54 Å². The van der Waals surface area contributed by atoms with Gasteiger partial charge >= 0.3 is 0 Å². The van der Waals surface area contributed by atoms with Crippen molar-refractivity contribution in [3.63, 3.8) is 0 Å². The van der Waals surface area contributed by atoms with Gasteiger partial charge in [-0.25, -0.2) is 0 Å². The quantitative estimate of drug-likeness (QED) is 0.862. The molecule has 0 aromatic heterocycles. The summed E-state index contributed by atoms with van der Waals surface area (Å²) in [5.74, 6) is 0. The second-order valence-electron chi connectivity index (χ2n) is 6.45. The van der Waals surface area contributed by atoms with Crippen molar-refractivity contribution in [1.29, 1.82) is 0 Å². The lowest BCUT2D eigenvalue weighted by molar-refractivity contribution is 0.0823. The van der Waals surface area contributed by atoms with Crippen LogP contribution in [0.4, 0.5) is 0 Å². The van der Waals surface area contributed by atoms with Crippen molar-refractivity contribution in [3.8, 4) is 0 Å². The molecule has 118 valence electrons. The molecule has 1 aliphatic rings. The summed E-state index contributed by atoms with van der Waals surface area (Å²) >= 11 is 1.98. The minimum atomic E-state index is 0.0789. The Labute approximate surface area is 134 Å². The average Bonchev–Trinajstić information content (AvgIpc) is 2.53. The molecule has 1 fully saturated rings. The molecule has 3 atom stereocenters. The highest BCUT2D eigenvalue weighted by molar-refractivity contribution is 7.99. The van der Waals surface area contributed by atoms with E-state index in [9.17, 15) is 0 Å². The fourth-order valence-electron chi connectivity index (χ4n) is 3.19. The van der Waals surface area contributed by atoms with E-state index < -0.39 is 0 Å². The Morgan fingerprint density at radius 3 is 2.71 bits per heavy atom. The van der Waals surface area contributed by atoms with Gasteiger partial charge in [0.1, 0.15) is 0 Å². The van der Waals surface area contributed by atoms with Crippen molar-refractivity contribution >= 4 is 11.8 Å². The maximum absolute atomic E-state index is 3.80. The maximum atomic E-state index is 3.80. The van der Waals surface area contributed by atoms with Gasteiger partial charge in [-0.05, 0) is 38.1 Å². The van der Waals surface area contributed by atoms with Crippen molar-refractivity contribution in [1.82, 2.24) is 10.2 Å². The molecule has 0 bridgehead atoms. The Balaban J connectivity index is 2.07. The second-order valence-corrected chi connectivity index (χ2v) is 7.72. The van der Waals surface area contributed by atoms with Crippen LogP contribution in [0.1, 0.15) is 39.2 Å². The first-order chi connectivity index (χ1) is 10.1. The maximum Gasteiger partial charge on any atom is 0.0535 e. The van der Waals surface area contributed by atoms with Gasteiger partial charge in [0.25, 0.3) is 0 Å². The zero-order valence-electron chi connectivity index (χ0n) is 13.9. The standard InChI is InChI=1S/C18H30N2S/c1-5-17-13-19-18(3,16-9-7-6-8-10-16)14-20(17)12-11-15(2)21-4/h6-10,15,17,19H,5,11-14H2,1-4H3. The van der Waals surface area contributed by atoms with Crippen molar-refractivity contribution in [2.24, 2.45) is 0 Å². The molecule has 1 heterocycles. The molecule has 2 nitrogen and oxygen atoms in total. The topological polar surface area (TPSA) is 15.3 Å². The van der Waals surface area contributed by atoms with Crippen LogP contribution in [0.25, 0.3) is 0 Å². The van der Waals surface area contributed by atoms with Gasteiger partial charge in [0.15, 0.2) is 0 Å². The van der Waals surface area contributed by atoms with Crippen molar-refractivity contribution in [3.05, 3.63) is 35.9 Å². The number of nitrogens with zero attached hydrogens (tertiary/aromatic N) is 1. The molecule has 2 rings (SSSR count). The molecular weight excluding hydrogens is 276 g/mol. The minimum absolute atomic E-state index is 0.0789. The normalized spacial score (nSPS) is 28.5. The fourth-order valence-corrected chi connectivity index (χ4v) is 3.53. The number of benzene rings is 1. The molecule has 1 saturated heterocycles. The number of piperazine rings is 1.